The first-order valence-corrected chi connectivity index (χ1v) is 12.9. The zero-order valence-electron chi connectivity index (χ0n) is 19.5. The third-order valence-electron chi connectivity index (χ3n) is 5.62. The predicted octanol–water partition coefficient (Wildman–Crippen LogP) is 7.74. The Bertz CT molecular complexity index is 1200. The molecule has 0 spiro atoms. The van der Waals surface area contributed by atoms with Crippen LogP contribution in [0.4, 0.5) is 5.69 Å². The Morgan fingerprint density at radius 2 is 1.71 bits per heavy atom. The van der Waals surface area contributed by atoms with Crippen molar-refractivity contribution in [1.82, 2.24) is 4.90 Å². The lowest BCUT2D eigenvalue weighted by Gasteiger charge is -2.22. The summed E-state index contributed by atoms with van der Waals surface area (Å²) in [5, 5.41) is 0.726. The number of hydrogen-bond donors (Lipinski definition) is 0. The van der Waals surface area contributed by atoms with Gasteiger partial charge in [-0.25, -0.2) is 4.99 Å². The van der Waals surface area contributed by atoms with E-state index in [1.807, 2.05) is 90.7 Å². The molecule has 0 N–H and O–H groups in total. The van der Waals surface area contributed by atoms with Crippen LogP contribution in [0.3, 0.4) is 0 Å². The van der Waals surface area contributed by atoms with Crippen LogP contribution in [0.5, 0.6) is 5.75 Å². The Labute approximate surface area is 213 Å². The third-order valence-corrected chi connectivity index (χ3v) is 7.14. The van der Waals surface area contributed by atoms with Gasteiger partial charge < -0.3 is 4.74 Å². The van der Waals surface area contributed by atoms with E-state index in [-0.39, 0.29) is 11.9 Å². The van der Waals surface area contributed by atoms with Gasteiger partial charge in [0.25, 0.3) is 5.91 Å². The van der Waals surface area contributed by atoms with Crippen LogP contribution in [-0.4, -0.2) is 22.0 Å². The monoisotopic (exact) mass is 534 g/mol. The Kier molecular flexibility index (Phi) is 7.91. The van der Waals surface area contributed by atoms with E-state index in [0.29, 0.717) is 11.5 Å². The van der Waals surface area contributed by atoms with E-state index in [4.69, 9.17) is 9.73 Å². The maximum atomic E-state index is 13.2. The van der Waals surface area contributed by atoms with E-state index >= 15 is 0 Å². The standard InChI is InChI=1S/C28H27BrN2O2S/c1-4-20(3)31-27(32)26(34-28(31)30-24-13-5-19(2)6-14-24)17-21-9-15-25(16-10-21)33-18-22-7-11-23(29)12-8-22/h5-17,20H,4,18H2,1-3H3/b26-17+,30-28?/t20-/m0/s1. The molecule has 4 nitrogen and oxygen atoms in total. The van der Waals surface area contributed by atoms with Crippen molar-refractivity contribution >= 4 is 50.5 Å². The molecular formula is C28H27BrN2O2S. The first-order chi connectivity index (χ1) is 16.4. The van der Waals surface area contributed by atoms with Gasteiger partial charge in [-0.1, -0.05) is 64.8 Å². The quantitative estimate of drug-likeness (QED) is 0.291. The molecule has 1 aliphatic rings. The first kappa shape index (κ1) is 24.3. The fourth-order valence-corrected chi connectivity index (χ4v) is 4.78. The largest absolute Gasteiger partial charge is 0.489 e. The molecule has 1 fully saturated rings. The van der Waals surface area contributed by atoms with Crippen molar-refractivity contribution in [2.24, 2.45) is 4.99 Å². The number of hydrogen-bond acceptors (Lipinski definition) is 4. The molecule has 4 rings (SSSR count). The number of amidine groups is 1. The number of carbonyl (C=O) groups is 1. The van der Waals surface area contributed by atoms with E-state index in [9.17, 15) is 4.79 Å². The number of rotatable bonds is 7. The average Bonchev–Trinajstić information content (AvgIpc) is 3.15. The van der Waals surface area contributed by atoms with Gasteiger partial charge in [0.05, 0.1) is 10.6 Å². The Hall–Kier alpha value is -2.83. The van der Waals surface area contributed by atoms with Crippen molar-refractivity contribution in [1.29, 1.82) is 0 Å². The average molecular weight is 536 g/mol. The van der Waals surface area contributed by atoms with Gasteiger partial charge in [0.1, 0.15) is 12.4 Å². The highest BCUT2D eigenvalue weighted by atomic mass is 79.9. The number of thioether (sulfide) groups is 1. The molecule has 174 valence electrons. The summed E-state index contributed by atoms with van der Waals surface area (Å²) < 4.78 is 6.95. The van der Waals surface area contributed by atoms with Crippen LogP contribution in [0.25, 0.3) is 6.08 Å². The number of nitrogens with zero attached hydrogens (tertiary/aromatic N) is 2. The molecule has 1 aliphatic heterocycles. The second-order valence-electron chi connectivity index (χ2n) is 8.26. The lowest BCUT2D eigenvalue weighted by Crippen LogP contribution is -2.36. The number of aryl methyl sites for hydroxylation is 1. The van der Waals surface area contributed by atoms with Crippen molar-refractivity contribution in [2.75, 3.05) is 0 Å². The molecule has 0 saturated carbocycles. The van der Waals surface area contributed by atoms with Crippen LogP contribution in [-0.2, 0) is 11.4 Å². The topological polar surface area (TPSA) is 41.9 Å². The third kappa shape index (κ3) is 5.99. The van der Waals surface area contributed by atoms with Crippen LogP contribution in [0, 0.1) is 6.92 Å². The molecule has 0 bridgehead atoms. The fraction of sp³-hybridized carbons (Fsp3) is 0.214. The highest BCUT2D eigenvalue weighted by molar-refractivity contribution is 9.10. The van der Waals surface area contributed by atoms with E-state index < -0.39 is 0 Å². The van der Waals surface area contributed by atoms with Gasteiger partial charge in [-0.3, -0.25) is 9.69 Å². The second kappa shape index (κ2) is 11.1. The van der Waals surface area contributed by atoms with Gasteiger partial charge in [0, 0.05) is 10.5 Å². The number of aliphatic imine (C=N–C) groups is 1. The van der Waals surface area contributed by atoms with Gasteiger partial charge >= 0.3 is 0 Å². The molecule has 0 aromatic heterocycles. The summed E-state index contributed by atoms with van der Waals surface area (Å²) in [7, 11) is 0. The van der Waals surface area contributed by atoms with Crippen LogP contribution in [0.1, 0.15) is 37.0 Å². The summed E-state index contributed by atoms with van der Waals surface area (Å²) in [6, 6.07) is 24.0. The van der Waals surface area contributed by atoms with Crippen LogP contribution in [0.2, 0.25) is 0 Å². The smallest absolute Gasteiger partial charge is 0.266 e. The summed E-state index contributed by atoms with van der Waals surface area (Å²) in [6.45, 7) is 6.70. The highest BCUT2D eigenvalue weighted by Gasteiger charge is 2.36. The van der Waals surface area contributed by atoms with E-state index in [1.165, 1.54) is 17.3 Å². The van der Waals surface area contributed by atoms with Gasteiger partial charge in [-0.2, -0.15) is 0 Å². The Balaban J connectivity index is 1.50. The molecule has 3 aromatic carbocycles. The SMILES string of the molecule is CC[C@H](C)N1C(=O)/C(=C\c2ccc(OCc3ccc(Br)cc3)cc2)SC1=Nc1ccc(C)cc1. The lowest BCUT2D eigenvalue weighted by atomic mass is 10.2. The first-order valence-electron chi connectivity index (χ1n) is 11.3. The second-order valence-corrected chi connectivity index (χ2v) is 10.2. The summed E-state index contributed by atoms with van der Waals surface area (Å²) in [6.07, 6.45) is 2.79. The van der Waals surface area contributed by atoms with Crippen molar-refractivity contribution in [3.63, 3.8) is 0 Å². The van der Waals surface area contributed by atoms with E-state index in [2.05, 4.69) is 29.8 Å². The summed E-state index contributed by atoms with van der Waals surface area (Å²) in [5.41, 5.74) is 4.09. The molecular weight excluding hydrogens is 508 g/mol. The van der Waals surface area contributed by atoms with Crippen molar-refractivity contribution in [3.05, 3.63) is 98.9 Å². The fourth-order valence-electron chi connectivity index (χ4n) is 3.42. The Morgan fingerprint density at radius 1 is 1.03 bits per heavy atom. The number of benzene rings is 3. The molecule has 0 unspecified atom stereocenters. The summed E-state index contributed by atoms with van der Waals surface area (Å²) >= 11 is 4.87. The minimum atomic E-state index is 0.000719. The maximum absolute atomic E-state index is 13.2. The minimum Gasteiger partial charge on any atom is -0.489 e. The number of amides is 1. The van der Waals surface area contributed by atoms with Crippen LogP contribution in [0.15, 0.2) is 87.2 Å². The normalized spacial score (nSPS) is 16.9. The predicted molar refractivity (Wildman–Crippen MR) is 145 cm³/mol. The molecule has 0 aliphatic carbocycles. The number of carbonyl (C=O) groups excluding carboxylic acids is 1. The molecule has 1 amide bonds. The minimum absolute atomic E-state index is 0.000719. The molecule has 1 heterocycles. The van der Waals surface area contributed by atoms with Gasteiger partial charge in [0.15, 0.2) is 5.17 Å². The molecule has 1 atom stereocenters. The molecule has 1 saturated heterocycles. The number of halogens is 1. The zero-order valence-corrected chi connectivity index (χ0v) is 21.9. The summed E-state index contributed by atoms with van der Waals surface area (Å²) in [5.74, 6) is 0.791. The molecule has 34 heavy (non-hydrogen) atoms. The number of ether oxygens (including phenoxy) is 1. The van der Waals surface area contributed by atoms with Crippen LogP contribution >= 0.6 is 27.7 Å². The highest BCUT2D eigenvalue weighted by Crippen LogP contribution is 2.36. The van der Waals surface area contributed by atoms with Crippen molar-refractivity contribution < 1.29 is 9.53 Å². The van der Waals surface area contributed by atoms with Gasteiger partial charge in [0.2, 0.25) is 0 Å². The molecule has 0 radical (unpaired) electrons. The summed E-state index contributed by atoms with van der Waals surface area (Å²) in [4.78, 5) is 20.5. The maximum Gasteiger partial charge on any atom is 0.266 e. The van der Waals surface area contributed by atoms with E-state index in [0.717, 1.165) is 38.6 Å². The van der Waals surface area contributed by atoms with Crippen molar-refractivity contribution in [2.45, 2.75) is 39.8 Å². The van der Waals surface area contributed by atoms with Gasteiger partial charge in [-0.15, -0.1) is 0 Å². The van der Waals surface area contributed by atoms with Crippen molar-refractivity contribution in [3.8, 4) is 5.75 Å². The lowest BCUT2D eigenvalue weighted by molar-refractivity contribution is -0.123. The van der Waals surface area contributed by atoms with Crippen LogP contribution < -0.4 is 4.74 Å². The van der Waals surface area contributed by atoms with E-state index in [1.54, 1.807) is 0 Å². The molecule has 3 aromatic rings. The van der Waals surface area contributed by atoms with Gasteiger partial charge in [-0.05, 0) is 85.6 Å². The zero-order chi connectivity index (χ0) is 24.1. The molecule has 6 heteroatoms. The Morgan fingerprint density at radius 3 is 2.35 bits per heavy atom.